The summed E-state index contributed by atoms with van der Waals surface area (Å²) in [4.78, 5) is 12.2. The number of para-hydroxylation sites is 1. The molecule has 2 rings (SSSR count). The maximum atomic E-state index is 12.2. The number of ether oxygens (including phenoxy) is 1. The molecule has 1 atom stereocenters. The summed E-state index contributed by atoms with van der Waals surface area (Å²) >= 11 is 0. The molecule has 0 fully saturated rings. The van der Waals surface area contributed by atoms with Crippen molar-refractivity contribution >= 4 is 5.91 Å². The van der Waals surface area contributed by atoms with E-state index in [0.29, 0.717) is 13.0 Å². The molecule has 0 unspecified atom stereocenters. The molecule has 122 valence electrons. The quantitative estimate of drug-likeness (QED) is 0.882. The molecule has 1 amide bonds. The van der Waals surface area contributed by atoms with Crippen LogP contribution in [-0.2, 0) is 11.2 Å². The highest BCUT2D eigenvalue weighted by atomic mass is 16.5. The van der Waals surface area contributed by atoms with Gasteiger partial charge in [0.1, 0.15) is 12.4 Å². The lowest BCUT2D eigenvalue weighted by atomic mass is 10.0. The third-order valence-corrected chi connectivity index (χ3v) is 3.85. The number of aryl methyl sites for hydroxylation is 3. The van der Waals surface area contributed by atoms with Crippen molar-refractivity contribution in [2.45, 2.75) is 40.2 Å². The fraction of sp³-hybridized carbons (Fsp3) is 0.350. The Hall–Kier alpha value is -2.29. The zero-order valence-corrected chi connectivity index (χ0v) is 14.3. The molecule has 0 saturated heterocycles. The molecule has 0 aliphatic rings. The summed E-state index contributed by atoms with van der Waals surface area (Å²) in [5, 5.41) is 3.00. The summed E-state index contributed by atoms with van der Waals surface area (Å²) < 4.78 is 5.78. The third kappa shape index (κ3) is 5.13. The Kier molecular flexibility index (Phi) is 5.80. The molecule has 0 spiro atoms. The number of carbonyl (C=O) groups excluding carboxylic acids is 1. The number of rotatable bonds is 6. The number of hydrogen-bond donors (Lipinski definition) is 1. The van der Waals surface area contributed by atoms with Gasteiger partial charge in [0.25, 0.3) is 0 Å². The molecule has 2 aromatic rings. The molecule has 0 saturated carbocycles. The van der Waals surface area contributed by atoms with Crippen molar-refractivity contribution < 1.29 is 9.53 Å². The molecular formula is C20H25NO2. The van der Waals surface area contributed by atoms with Crippen molar-refractivity contribution in [3.8, 4) is 5.75 Å². The van der Waals surface area contributed by atoms with Gasteiger partial charge in [0.2, 0.25) is 5.91 Å². The van der Waals surface area contributed by atoms with E-state index in [4.69, 9.17) is 4.74 Å². The number of hydrogen-bond acceptors (Lipinski definition) is 2. The summed E-state index contributed by atoms with van der Waals surface area (Å²) in [5.41, 5.74) is 4.50. The second kappa shape index (κ2) is 7.82. The number of benzene rings is 2. The van der Waals surface area contributed by atoms with E-state index in [0.717, 1.165) is 22.4 Å². The van der Waals surface area contributed by atoms with Crippen molar-refractivity contribution in [3.63, 3.8) is 0 Å². The Morgan fingerprint density at radius 2 is 1.83 bits per heavy atom. The van der Waals surface area contributed by atoms with Gasteiger partial charge in [-0.05, 0) is 50.5 Å². The maximum absolute atomic E-state index is 12.2. The average Bonchev–Trinajstić information content (AvgIpc) is 2.50. The van der Waals surface area contributed by atoms with Gasteiger partial charge in [-0.1, -0.05) is 42.0 Å². The van der Waals surface area contributed by atoms with Crippen LogP contribution in [0, 0.1) is 20.8 Å². The minimum absolute atomic E-state index is 0.0274. The van der Waals surface area contributed by atoms with Crippen LogP contribution >= 0.6 is 0 Å². The van der Waals surface area contributed by atoms with Gasteiger partial charge in [-0.15, -0.1) is 0 Å². The van der Waals surface area contributed by atoms with E-state index in [2.05, 4.69) is 23.5 Å². The molecule has 0 aliphatic carbocycles. The van der Waals surface area contributed by atoms with Crippen LogP contribution in [0.1, 0.15) is 29.2 Å². The zero-order chi connectivity index (χ0) is 16.8. The lowest BCUT2D eigenvalue weighted by Gasteiger charge is -2.16. The monoisotopic (exact) mass is 311 g/mol. The van der Waals surface area contributed by atoms with Crippen molar-refractivity contribution in [1.82, 2.24) is 5.32 Å². The number of carbonyl (C=O) groups is 1. The predicted octanol–water partition coefficient (Wildman–Crippen LogP) is 3.74. The van der Waals surface area contributed by atoms with Crippen LogP contribution in [0.2, 0.25) is 0 Å². The summed E-state index contributed by atoms with van der Waals surface area (Å²) in [6.45, 7) is 8.51. The van der Waals surface area contributed by atoms with Gasteiger partial charge in [0.15, 0.2) is 0 Å². The van der Waals surface area contributed by atoms with Gasteiger partial charge in [0, 0.05) is 0 Å². The van der Waals surface area contributed by atoms with E-state index < -0.39 is 0 Å². The first-order valence-corrected chi connectivity index (χ1v) is 7.99. The molecule has 23 heavy (non-hydrogen) atoms. The summed E-state index contributed by atoms with van der Waals surface area (Å²) in [5.74, 6) is 0.891. The molecule has 0 aromatic heterocycles. The van der Waals surface area contributed by atoms with Gasteiger partial charge in [0.05, 0.1) is 12.5 Å². The molecule has 0 radical (unpaired) electrons. The fourth-order valence-corrected chi connectivity index (χ4v) is 2.46. The van der Waals surface area contributed by atoms with Crippen molar-refractivity contribution in [2.24, 2.45) is 0 Å². The van der Waals surface area contributed by atoms with E-state index in [9.17, 15) is 4.79 Å². The Bertz CT molecular complexity index is 679. The van der Waals surface area contributed by atoms with Gasteiger partial charge < -0.3 is 10.1 Å². The van der Waals surface area contributed by atoms with E-state index >= 15 is 0 Å². The molecule has 0 aliphatic heterocycles. The first kappa shape index (κ1) is 17.1. The molecule has 0 bridgehead atoms. The van der Waals surface area contributed by atoms with E-state index in [1.807, 2.05) is 52.0 Å². The lowest BCUT2D eigenvalue weighted by molar-refractivity contribution is -0.121. The third-order valence-electron chi connectivity index (χ3n) is 3.85. The number of amides is 1. The number of nitrogens with one attached hydrogen (secondary N) is 1. The van der Waals surface area contributed by atoms with Crippen molar-refractivity contribution in [3.05, 3.63) is 64.7 Å². The minimum Gasteiger partial charge on any atom is -0.491 e. The molecular weight excluding hydrogens is 286 g/mol. The summed E-state index contributed by atoms with van der Waals surface area (Å²) in [6.07, 6.45) is 0.405. The highest BCUT2D eigenvalue weighted by Gasteiger charge is 2.11. The largest absolute Gasteiger partial charge is 0.491 e. The van der Waals surface area contributed by atoms with Gasteiger partial charge in [-0.2, -0.15) is 0 Å². The predicted molar refractivity (Wildman–Crippen MR) is 93.9 cm³/mol. The second-order valence-corrected chi connectivity index (χ2v) is 6.15. The molecule has 2 aromatic carbocycles. The van der Waals surface area contributed by atoms with Crippen LogP contribution in [0.25, 0.3) is 0 Å². The standard InChI is InChI=1S/C20H25NO2/c1-14-9-10-15(2)18(11-14)12-20(22)21-17(4)13-23-19-8-6-5-7-16(19)3/h5-11,17H,12-13H2,1-4H3,(H,21,22)/t17-/m1/s1. The van der Waals surface area contributed by atoms with Crippen LogP contribution in [0.3, 0.4) is 0 Å². The second-order valence-electron chi connectivity index (χ2n) is 6.15. The van der Waals surface area contributed by atoms with Crippen LogP contribution < -0.4 is 10.1 Å². The topological polar surface area (TPSA) is 38.3 Å². The Labute approximate surface area is 138 Å². The minimum atomic E-state index is -0.0350. The van der Waals surface area contributed by atoms with Crippen LogP contribution in [0.5, 0.6) is 5.75 Å². The van der Waals surface area contributed by atoms with Gasteiger partial charge in [-0.3, -0.25) is 4.79 Å². The van der Waals surface area contributed by atoms with Crippen molar-refractivity contribution in [2.75, 3.05) is 6.61 Å². The average molecular weight is 311 g/mol. The first-order valence-electron chi connectivity index (χ1n) is 7.99. The highest BCUT2D eigenvalue weighted by Crippen LogP contribution is 2.16. The molecule has 3 nitrogen and oxygen atoms in total. The van der Waals surface area contributed by atoms with E-state index in [1.54, 1.807) is 0 Å². The Morgan fingerprint density at radius 1 is 1.09 bits per heavy atom. The summed E-state index contributed by atoms with van der Waals surface area (Å²) in [7, 11) is 0. The van der Waals surface area contributed by atoms with Gasteiger partial charge in [-0.25, -0.2) is 0 Å². The molecule has 0 heterocycles. The fourth-order valence-electron chi connectivity index (χ4n) is 2.46. The first-order chi connectivity index (χ1) is 11.0. The molecule has 3 heteroatoms. The molecule has 1 N–H and O–H groups in total. The van der Waals surface area contributed by atoms with E-state index in [1.165, 1.54) is 5.56 Å². The van der Waals surface area contributed by atoms with Crippen LogP contribution in [-0.4, -0.2) is 18.6 Å². The zero-order valence-electron chi connectivity index (χ0n) is 14.3. The SMILES string of the molecule is Cc1ccc(C)c(CC(=O)N[C@H](C)COc2ccccc2C)c1. The highest BCUT2D eigenvalue weighted by molar-refractivity contribution is 5.79. The Balaban J connectivity index is 1.85. The lowest BCUT2D eigenvalue weighted by Crippen LogP contribution is -2.37. The van der Waals surface area contributed by atoms with Crippen LogP contribution in [0.15, 0.2) is 42.5 Å². The van der Waals surface area contributed by atoms with Crippen LogP contribution in [0.4, 0.5) is 0 Å². The maximum Gasteiger partial charge on any atom is 0.224 e. The van der Waals surface area contributed by atoms with E-state index in [-0.39, 0.29) is 11.9 Å². The summed E-state index contributed by atoms with van der Waals surface area (Å²) in [6, 6.07) is 14.1. The van der Waals surface area contributed by atoms with Crippen molar-refractivity contribution in [1.29, 1.82) is 0 Å². The smallest absolute Gasteiger partial charge is 0.224 e. The van der Waals surface area contributed by atoms with Gasteiger partial charge >= 0.3 is 0 Å². The normalized spacial score (nSPS) is 11.8. The Morgan fingerprint density at radius 3 is 2.57 bits per heavy atom.